The third kappa shape index (κ3) is 5.50. The quantitative estimate of drug-likeness (QED) is 0.574. The minimum absolute atomic E-state index is 0.240. The summed E-state index contributed by atoms with van der Waals surface area (Å²) in [6, 6.07) is 23.6. The van der Waals surface area contributed by atoms with Crippen LogP contribution in [0.4, 0.5) is 0 Å². The molecule has 2 unspecified atom stereocenters. The summed E-state index contributed by atoms with van der Waals surface area (Å²) in [5.74, 6) is 1.58. The third-order valence-electron chi connectivity index (χ3n) is 4.96. The second kappa shape index (κ2) is 9.96. The van der Waals surface area contributed by atoms with E-state index in [0.717, 1.165) is 21.6 Å². The Kier molecular flexibility index (Phi) is 6.87. The first-order valence-electron chi connectivity index (χ1n) is 9.70. The molecule has 3 aromatic rings. The molecule has 0 aliphatic rings. The van der Waals surface area contributed by atoms with E-state index in [1.54, 1.807) is 36.8 Å². The molecule has 0 amide bonds. The van der Waals surface area contributed by atoms with Crippen LogP contribution in [0.3, 0.4) is 0 Å². The lowest BCUT2D eigenvalue weighted by atomic mass is 9.98. The summed E-state index contributed by atoms with van der Waals surface area (Å²) < 4.78 is 9.65. The van der Waals surface area contributed by atoms with Gasteiger partial charge in [0, 0.05) is 0 Å². The van der Waals surface area contributed by atoms with Crippen molar-refractivity contribution in [2.45, 2.75) is 25.7 Å². The molecule has 4 heteroatoms. The predicted molar refractivity (Wildman–Crippen MR) is 117 cm³/mol. The van der Waals surface area contributed by atoms with Gasteiger partial charge in [0.15, 0.2) is 0 Å². The molecule has 0 heterocycles. The lowest BCUT2D eigenvalue weighted by Crippen LogP contribution is -2.09. The van der Waals surface area contributed by atoms with Crippen LogP contribution in [0, 0.1) is 23.0 Å². The largest absolute Gasteiger partial charge is 0.388 e. The van der Waals surface area contributed by atoms with Gasteiger partial charge in [-0.1, -0.05) is 74.5 Å². The average Bonchev–Trinajstić information content (AvgIpc) is 2.76. The van der Waals surface area contributed by atoms with Gasteiger partial charge < -0.3 is 9.47 Å². The summed E-state index contributed by atoms with van der Waals surface area (Å²) in [4.78, 5) is 0. The van der Waals surface area contributed by atoms with Crippen LogP contribution in [0.5, 0.6) is 11.5 Å². The molecule has 0 saturated heterocycles. The van der Waals surface area contributed by atoms with E-state index in [1.165, 1.54) is 0 Å². The molecule has 148 valence electrons. The van der Waals surface area contributed by atoms with E-state index in [2.05, 4.69) is 50.3 Å². The number of nitriles is 2. The molecule has 0 radical (unpaired) electrons. The number of hydrogen-bond acceptors (Lipinski definition) is 4. The number of rotatable bonds is 6. The van der Waals surface area contributed by atoms with Crippen LogP contribution in [-0.4, -0.2) is 0 Å². The molecule has 0 fully saturated rings. The summed E-state index contributed by atoms with van der Waals surface area (Å²) in [5, 5.41) is 19.4. The predicted octanol–water partition coefficient (Wildman–Crippen LogP) is 4.57. The van der Waals surface area contributed by atoms with Crippen molar-refractivity contribution in [2.24, 2.45) is 0 Å². The van der Waals surface area contributed by atoms with Gasteiger partial charge in [-0.25, -0.2) is 0 Å². The van der Waals surface area contributed by atoms with Gasteiger partial charge in [0.2, 0.25) is 0 Å². The van der Waals surface area contributed by atoms with E-state index in [1.807, 2.05) is 24.3 Å². The fraction of sp³-hybridized carbons (Fsp3) is 0.154. The van der Waals surface area contributed by atoms with Gasteiger partial charge in [0.1, 0.15) is 11.5 Å². The fourth-order valence-electron chi connectivity index (χ4n) is 3.27. The van der Waals surface area contributed by atoms with Crippen LogP contribution in [0.15, 0.2) is 72.8 Å². The van der Waals surface area contributed by atoms with E-state index in [9.17, 15) is 0 Å². The van der Waals surface area contributed by atoms with Crippen molar-refractivity contribution >= 4 is 12.2 Å². The first kappa shape index (κ1) is 20.7. The van der Waals surface area contributed by atoms with E-state index in [0.29, 0.717) is 11.5 Å². The van der Waals surface area contributed by atoms with Crippen molar-refractivity contribution in [3.8, 4) is 24.0 Å². The summed E-state index contributed by atoms with van der Waals surface area (Å²) >= 11 is 0. The molecule has 0 saturated carbocycles. The molecular weight excluding hydrogens is 372 g/mol. The number of nitrogens with zero attached hydrogens (tertiary/aromatic N) is 2. The Hall–Kier alpha value is -4.02. The highest BCUT2D eigenvalue weighted by Crippen LogP contribution is 2.21. The zero-order valence-electron chi connectivity index (χ0n) is 16.9. The van der Waals surface area contributed by atoms with Gasteiger partial charge in [0.25, 0.3) is 12.5 Å². The monoisotopic (exact) mass is 394 g/mol. The molecule has 0 bridgehead atoms. The smallest absolute Gasteiger partial charge is 0.292 e. The molecule has 0 aliphatic heterocycles. The summed E-state index contributed by atoms with van der Waals surface area (Å²) in [6.45, 7) is 4.28. The lowest BCUT2D eigenvalue weighted by Gasteiger charge is -2.08. The van der Waals surface area contributed by atoms with Gasteiger partial charge in [-0.05, 0) is 57.7 Å². The first-order chi connectivity index (χ1) is 14.6. The van der Waals surface area contributed by atoms with Crippen molar-refractivity contribution in [3.05, 3.63) is 94.4 Å². The standard InChI is InChI=1S/C26H22N2O2/c1-19(23-7-11-25(12-8-23)29-17-27)15-21-3-5-22(6-4-21)16-20(2)24-9-13-26(14-10-24)30-18-28/h3-16,19-20H,1-2H3. The Morgan fingerprint density at radius 1 is 0.600 bits per heavy atom. The van der Waals surface area contributed by atoms with E-state index >= 15 is 0 Å². The molecule has 3 aromatic carbocycles. The highest BCUT2D eigenvalue weighted by molar-refractivity contribution is 5.43. The summed E-state index contributed by atoms with van der Waals surface area (Å²) in [5.41, 5.74) is 2.32. The van der Waals surface area contributed by atoms with Gasteiger partial charge in [-0.15, -0.1) is 10.5 Å². The van der Waals surface area contributed by atoms with Gasteiger partial charge in [-0.2, -0.15) is 0 Å². The minimum Gasteiger partial charge on any atom is -0.388 e. The normalized spacial score (nSPS) is 12.0. The maximum atomic E-state index is 8.57. The number of benzene rings is 3. The maximum Gasteiger partial charge on any atom is 0.292 e. The Balaban J connectivity index is 1.73. The molecular formula is C26H22N2O2. The number of ether oxygens (including phenoxy) is 2. The van der Waals surface area contributed by atoms with Crippen LogP contribution in [0.2, 0.25) is 0 Å². The number of hydrogen-bond donors (Lipinski definition) is 0. The highest BCUT2D eigenvalue weighted by Gasteiger charge is 2.04. The second-order valence-electron chi connectivity index (χ2n) is 7.10. The van der Waals surface area contributed by atoms with Crippen molar-refractivity contribution in [1.82, 2.24) is 0 Å². The lowest BCUT2D eigenvalue weighted by molar-refractivity contribution is 0.506. The third-order valence-corrected chi connectivity index (χ3v) is 4.96. The van der Waals surface area contributed by atoms with Crippen LogP contribution in [0.25, 0.3) is 12.2 Å². The van der Waals surface area contributed by atoms with Crippen LogP contribution in [0.1, 0.15) is 36.8 Å². The average molecular weight is 394 g/mol. The van der Waals surface area contributed by atoms with Crippen LogP contribution < -0.4 is 19.9 Å². The van der Waals surface area contributed by atoms with Gasteiger partial charge in [-0.3, -0.25) is 0 Å². The highest BCUT2D eigenvalue weighted by atomic mass is 16.5. The topological polar surface area (TPSA) is 66.0 Å². The fourth-order valence-corrected chi connectivity index (χ4v) is 3.27. The summed E-state index contributed by atoms with van der Waals surface area (Å²) in [6.07, 6.45) is 7.78. The van der Waals surface area contributed by atoms with E-state index < -0.39 is 0 Å². The van der Waals surface area contributed by atoms with Crippen molar-refractivity contribution in [1.29, 1.82) is 10.5 Å². The molecule has 4 nitrogen and oxygen atoms in total. The van der Waals surface area contributed by atoms with E-state index in [4.69, 9.17) is 20.0 Å². The first-order valence-corrected chi connectivity index (χ1v) is 9.70. The second-order valence-corrected chi connectivity index (χ2v) is 7.10. The van der Waals surface area contributed by atoms with Crippen LogP contribution >= 0.6 is 0 Å². The zero-order valence-corrected chi connectivity index (χ0v) is 16.9. The Bertz CT molecular complexity index is 1060. The Morgan fingerprint density at radius 2 is 0.933 bits per heavy atom. The maximum absolute atomic E-state index is 8.57. The Morgan fingerprint density at radius 3 is 1.23 bits per heavy atom. The van der Waals surface area contributed by atoms with Gasteiger partial charge >= 0.3 is 0 Å². The molecule has 0 spiro atoms. The van der Waals surface area contributed by atoms with Crippen LogP contribution in [-0.2, 0) is 0 Å². The zero-order chi connectivity index (χ0) is 21.3. The van der Waals surface area contributed by atoms with Gasteiger partial charge in [0.05, 0.1) is 0 Å². The summed E-state index contributed by atoms with van der Waals surface area (Å²) in [7, 11) is 0. The Labute approximate surface area is 176 Å². The molecule has 3 rings (SSSR count). The SMILES string of the molecule is CC(C=c1ccc(=CC(C)c2ccc(OC#N)cc2)cc1)c1ccc(OC#N)cc1. The van der Waals surface area contributed by atoms with Crippen molar-refractivity contribution in [2.75, 3.05) is 0 Å². The van der Waals surface area contributed by atoms with E-state index in [-0.39, 0.29) is 11.8 Å². The molecule has 0 aromatic heterocycles. The minimum atomic E-state index is 0.240. The molecule has 0 N–H and O–H groups in total. The molecule has 2 atom stereocenters. The van der Waals surface area contributed by atoms with Crippen molar-refractivity contribution in [3.63, 3.8) is 0 Å². The van der Waals surface area contributed by atoms with Crippen molar-refractivity contribution < 1.29 is 9.47 Å². The molecule has 0 aliphatic carbocycles. The molecule has 30 heavy (non-hydrogen) atoms.